The molecule has 2 amide bonds. The number of nitrogens with two attached hydrogens (primary N) is 1. The molecule has 0 aromatic heterocycles. The molecule has 0 aliphatic heterocycles. The predicted octanol–water partition coefficient (Wildman–Crippen LogP) is 0.981. The van der Waals surface area contributed by atoms with Gasteiger partial charge in [0.15, 0.2) is 0 Å². The Hall–Kier alpha value is -2.44. The highest BCUT2D eigenvalue weighted by Crippen LogP contribution is 2.35. The quantitative estimate of drug-likeness (QED) is 0.834. The van der Waals surface area contributed by atoms with E-state index in [2.05, 4.69) is 10.1 Å². The molecule has 3 N–H and O–H groups in total. The van der Waals surface area contributed by atoms with Crippen LogP contribution in [-0.4, -0.2) is 33.3 Å². The molecule has 18 heavy (non-hydrogen) atoms. The monoisotopic (exact) mass is 254 g/mol. The first kappa shape index (κ1) is 13.6. The van der Waals surface area contributed by atoms with Crippen molar-refractivity contribution in [2.45, 2.75) is 0 Å². The van der Waals surface area contributed by atoms with Crippen LogP contribution in [0, 0.1) is 0 Å². The van der Waals surface area contributed by atoms with Crippen LogP contribution in [0.3, 0.4) is 0 Å². The van der Waals surface area contributed by atoms with Crippen LogP contribution < -0.4 is 20.5 Å². The molecule has 0 spiro atoms. The van der Waals surface area contributed by atoms with E-state index in [9.17, 15) is 9.59 Å². The fourth-order valence-electron chi connectivity index (χ4n) is 1.43. The molecule has 7 heteroatoms. The normalized spacial score (nSPS) is 9.50. The second-order valence-corrected chi connectivity index (χ2v) is 3.20. The van der Waals surface area contributed by atoms with Crippen molar-refractivity contribution in [3.8, 4) is 11.5 Å². The number of hydrogen-bond donors (Lipinski definition) is 2. The smallest absolute Gasteiger partial charge is 0.411 e. The highest BCUT2D eigenvalue weighted by atomic mass is 16.5. The van der Waals surface area contributed by atoms with Gasteiger partial charge in [-0.3, -0.25) is 10.1 Å². The Morgan fingerprint density at radius 3 is 2.11 bits per heavy atom. The Morgan fingerprint density at radius 1 is 1.11 bits per heavy atom. The molecule has 0 fully saturated rings. The molecule has 0 aliphatic carbocycles. The number of carbonyl (C=O) groups is 2. The number of carbonyl (C=O) groups excluding carboxylic acids is 2. The summed E-state index contributed by atoms with van der Waals surface area (Å²) in [6.07, 6.45) is -0.746. The fourth-order valence-corrected chi connectivity index (χ4v) is 1.43. The van der Waals surface area contributed by atoms with Crippen molar-refractivity contribution in [3.05, 3.63) is 17.7 Å². The van der Waals surface area contributed by atoms with Crippen LogP contribution in [-0.2, 0) is 4.74 Å². The van der Waals surface area contributed by atoms with E-state index in [0.717, 1.165) is 0 Å². The zero-order chi connectivity index (χ0) is 13.7. The Balaban J connectivity index is 3.40. The van der Waals surface area contributed by atoms with Gasteiger partial charge in [-0.15, -0.1) is 0 Å². The third-order valence-electron chi connectivity index (χ3n) is 2.23. The van der Waals surface area contributed by atoms with E-state index in [1.165, 1.54) is 33.5 Å². The number of amides is 2. The lowest BCUT2D eigenvalue weighted by Crippen LogP contribution is -2.19. The number of methoxy groups -OCH3 is 3. The molecule has 0 heterocycles. The SMILES string of the molecule is COC(=O)Nc1c(OC)ccc(OC)c1C(N)=O. The van der Waals surface area contributed by atoms with E-state index in [0.29, 0.717) is 0 Å². The van der Waals surface area contributed by atoms with Gasteiger partial charge < -0.3 is 19.9 Å². The first-order chi connectivity index (χ1) is 8.54. The topological polar surface area (TPSA) is 99.9 Å². The van der Waals surface area contributed by atoms with E-state index in [1.807, 2.05) is 0 Å². The Morgan fingerprint density at radius 2 is 1.67 bits per heavy atom. The molecule has 0 aliphatic rings. The molecule has 1 aromatic rings. The van der Waals surface area contributed by atoms with Gasteiger partial charge in [0.25, 0.3) is 5.91 Å². The third-order valence-corrected chi connectivity index (χ3v) is 2.23. The van der Waals surface area contributed by atoms with Crippen molar-refractivity contribution in [2.24, 2.45) is 5.73 Å². The summed E-state index contributed by atoms with van der Waals surface area (Å²) in [7, 11) is 3.98. The molecule has 98 valence electrons. The maximum Gasteiger partial charge on any atom is 0.411 e. The lowest BCUT2D eigenvalue weighted by molar-refractivity contribution is 0.0998. The summed E-state index contributed by atoms with van der Waals surface area (Å²) in [5.41, 5.74) is 5.39. The summed E-state index contributed by atoms with van der Waals surface area (Å²) in [6, 6.07) is 3.05. The van der Waals surface area contributed by atoms with Gasteiger partial charge in [0, 0.05) is 0 Å². The van der Waals surface area contributed by atoms with Crippen LogP contribution in [0.15, 0.2) is 12.1 Å². The number of anilines is 1. The largest absolute Gasteiger partial charge is 0.496 e. The molecule has 0 atom stereocenters. The summed E-state index contributed by atoms with van der Waals surface area (Å²) in [5, 5.41) is 2.37. The van der Waals surface area contributed by atoms with Gasteiger partial charge in [-0.2, -0.15) is 0 Å². The van der Waals surface area contributed by atoms with E-state index in [-0.39, 0.29) is 22.7 Å². The summed E-state index contributed by atoms with van der Waals surface area (Å²) < 4.78 is 14.5. The molecule has 0 radical (unpaired) electrons. The third kappa shape index (κ3) is 2.62. The van der Waals surface area contributed by atoms with Crippen LogP contribution in [0.1, 0.15) is 10.4 Å². The summed E-state index contributed by atoms with van der Waals surface area (Å²) in [5.74, 6) is -0.248. The first-order valence-corrected chi connectivity index (χ1v) is 4.94. The van der Waals surface area contributed by atoms with E-state index in [1.54, 1.807) is 0 Å². The minimum absolute atomic E-state index is 0.0160. The predicted molar refractivity (Wildman–Crippen MR) is 64.1 cm³/mol. The highest BCUT2D eigenvalue weighted by molar-refractivity contribution is 6.05. The van der Waals surface area contributed by atoms with Crippen LogP contribution >= 0.6 is 0 Å². The van der Waals surface area contributed by atoms with Gasteiger partial charge in [0.05, 0.1) is 21.3 Å². The van der Waals surface area contributed by atoms with Crippen molar-refractivity contribution in [1.82, 2.24) is 0 Å². The zero-order valence-electron chi connectivity index (χ0n) is 10.3. The number of ether oxygens (including phenoxy) is 3. The van der Waals surface area contributed by atoms with Gasteiger partial charge in [0.1, 0.15) is 22.7 Å². The van der Waals surface area contributed by atoms with Gasteiger partial charge >= 0.3 is 6.09 Å². The van der Waals surface area contributed by atoms with Gasteiger partial charge in [-0.25, -0.2) is 4.79 Å². The number of benzene rings is 1. The molecular weight excluding hydrogens is 240 g/mol. The van der Waals surface area contributed by atoms with Gasteiger partial charge in [-0.05, 0) is 12.1 Å². The lowest BCUT2D eigenvalue weighted by Gasteiger charge is -2.15. The average Bonchev–Trinajstić information content (AvgIpc) is 2.37. The molecule has 0 saturated heterocycles. The Labute approximate surface area is 104 Å². The first-order valence-electron chi connectivity index (χ1n) is 4.94. The van der Waals surface area contributed by atoms with Crippen molar-refractivity contribution in [3.63, 3.8) is 0 Å². The minimum atomic E-state index is -0.753. The molecular formula is C11H14N2O5. The van der Waals surface area contributed by atoms with Crippen molar-refractivity contribution in [1.29, 1.82) is 0 Å². The van der Waals surface area contributed by atoms with Crippen LogP contribution in [0.5, 0.6) is 11.5 Å². The van der Waals surface area contributed by atoms with E-state index in [4.69, 9.17) is 15.2 Å². The summed E-state index contributed by atoms with van der Waals surface area (Å²) >= 11 is 0. The van der Waals surface area contributed by atoms with Crippen molar-refractivity contribution < 1.29 is 23.8 Å². The number of rotatable bonds is 4. The molecule has 7 nitrogen and oxygen atoms in total. The maximum atomic E-state index is 11.4. The number of nitrogens with one attached hydrogen (secondary N) is 1. The van der Waals surface area contributed by atoms with E-state index >= 15 is 0 Å². The van der Waals surface area contributed by atoms with Gasteiger partial charge in [0.2, 0.25) is 0 Å². The summed E-state index contributed by atoms with van der Waals surface area (Å²) in [4.78, 5) is 22.7. The Bertz CT molecular complexity index is 473. The van der Waals surface area contributed by atoms with Crippen LogP contribution in [0.4, 0.5) is 10.5 Å². The lowest BCUT2D eigenvalue weighted by atomic mass is 10.1. The van der Waals surface area contributed by atoms with Crippen molar-refractivity contribution in [2.75, 3.05) is 26.6 Å². The number of hydrogen-bond acceptors (Lipinski definition) is 5. The second kappa shape index (κ2) is 5.76. The molecule has 1 aromatic carbocycles. The highest BCUT2D eigenvalue weighted by Gasteiger charge is 2.21. The van der Waals surface area contributed by atoms with Gasteiger partial charge in [-0.1, -0.05) is 0 Å². The van der Waals surface area contributed by atoms with Crippen molar-refractivity contribution >= 4 is 17.7 Å². The zero-order valence-corrected chi connectivity index (χ0v) is 10.3. The number of primary amides is 1. The minimum Gasteiger partial charge on any atom is -0.496 e. The maximum absolute atomic E-state index is 11.4. The summed E-state index contributed by atoms with van der Waals surface area (Å²) in [6.45, 7) is 0. The molecule has 0 unspecified atom stereocenters. The molecule has 1 rings (SSSR count). The average molecular weight is 254 g/mol. The standard InChI is InChI=1S/C11H14N2O5/c1-16-6-4-5-7(17-2)9(8(6)10(12)14)13-11(15)18-3/h4-5H,1-3H3,(H2,12,14)(H,13,15). The molecule has 0 bridgehead atoms. The second-order valence-electron chi connectivity index (χ2n) is 3.20. The van der Waals surface area contributed by atoms with Crippen LogP contribution in [0.2, 0.25) is 0 Å². The molecule has 0 saturated carbocycles. The van der Waals surface area contributed by atoms with E-state index < -0.39 is 12.0 Å². The van der Waals surface area contributed by atoms with Crippen LogP contribution in [0.25, 0.3) is 0 Å². The Kier molecular flexibility index (Phi) is 4.36. The fraction of sp³-hybridized carbons (Fsp3) is 0.273.